The van der Waals surface area contributed by atoms with Gasteiger partial charge in [0.15, 0.2) is 5.69 Å². The highest BCUT2D eigenvalue weighted by Gasteiger charge is 2.43. The molecule has 2 fully saturated rings. The largest absolute Gasteiger partial charge is 0.434 e. The van der Waals surface area contributed by atoms with Gasteiger partial charge in [-0.25, -0.2) is 8.78 Å². The number of halogens is 5. The standard InChI is InChI=1S/C27H34ClF4N3O4/c1-3-35-22(20(28)21(34-35)23(36)33-15-25(37)8-6-16(2)7-9-25)18-5-4-17(14-19(18)39-24(29)30)26(38)10-12-27(31,32)13-11-26/h4-5,14,16,24,37-38H,3,6-13,15H2,1-2H3,(H,33,36). The van der Waals surface area contributed by atoms with Crippen LogP contribution in [0.2, 0.25) is 5.02 Å². The summed E-state index contributed by atoms with van der Waals surface area (Å²) in [5.74, 6) is -3.33. The first-order chi connectivity index (χ1) is 18.3. The fourth-order valence-electron chi connectivity index (χ4n) is 5.39. The number of nitrogens with one attached hydrogen (secondary N) is 1. The number of aliphatic hydroxyl groups is 2. The van der Waals surface area contributed by atoms with Crippen molar-refractivity contribution >= 4 is 17.5 Å². The van der Waals surface area contributed by atoms with Crippen LogP contribution in [0.25, 0.3) is 11.3 Å². The fraction of sp³-hybridized carbons (Fsp3) is 0.630. The Bertz CT molecular complexity index is 1190. The van der Waals surface area contributed by atoms with Crippen molar-refractivity contribution in [3.05, 3.63) is 34.5 Å². The molecular weight excluding hydrogens is 542 g/mol. The summed E-state index contributed by atoms with van der Waals surface area (Å²) in [6.45, 7) is 0.883. The third-order valence-electron chi connectivity index (χ3n) is 7.99. The molecule has 39 heavy (non-hydrogen) atoms. The number of carbonyl (C=O) groups excluding carboxylic acids is 1. The number of hydrogen-bond donors (Lipinski definition) is 3. The molecule has 3 N–H and O–H groups in total. The van der Waals surface area contributed by atoms with Crippen LogP contribution in [0.15, 0.2) is 18.2 Å². The van der Waals surface area contributed by atoms with Crippen LogP contribution in [0.4, 0.5) is 17.6 Å². The maximum absolute atomic E-state index is 13.7. The van der Waals surface area contributed by atoms with E-state index >= 15 is 0 Å². The molecule has 0 aliphatic heterocycles. The number of aryl methyl sites for hydroxylation is 1. The minimum atomic E-state index is -3.22. The van der Waals surface area contributed by atoms with E-state index in [4.69, 9.17) is 16.3 Å². The van der Waals surface area contributed by atoms with Gasteiger partial charge in [-0.2, -0.15) is 13.9 Å². The molecule has 0 bridgehead atoms. The number of rotatable bonds is 8. The maximum atomic E-state index is 13.7. The molecule has 216 valence electrons. The molecule has 0 unspecified atom stereocenters. The molecule has 1 heterocycles. The number of carbonyl (C=O) groups is 1. The van der Waals surface area contributed by atoms with Gasteiger partial charge in [0.25, 0.3) is 5.91 Å². The van der Waals surface area contributed by atoms with Crippen molar-refractivity contribution in [2.24, 2.45) is 5.92 Å². The van der Waals surface area contributed by atoms with Crippen molar-refractivity contribution < 1.29 is 37.3 Å². The molecule has 1 aromatic heterocycles. The van der Waals surface area contributed by atoms with Crippen LogP contribution in [0.5, 0.6) is 5.75 Å². The molecular formula is C27H34ClF4N3O4. The average molecular weight is 576 g/mol. The van der Waals surface area contributed by atoms with Gasteiger partial charge in [-0.1, -0.05) is 24.6 Å². The van der Waals surface area contributed by atoms with Crippen molar-refractivity contribution in [1.82, 2.24) is 15.1 Å². The summed E-state index contributed by atoms with van der Waals surface area (Å²) in [6.07, 6.45) is 1.27. The number of nitrogens with zero attached hydrogens (tertiary/aromatic N) is 2. The number of ether oxygens (including phenoxy) is 1. The van der Waals surface area contributed by atoms with Gasteiger partial charge in [0.1, 0.15) is 5.75 Å². The molecule has 2 aliphatic carbocycles. The summed E-state index contributed by atoms with van der Waals surface area (Å²) in [5, 5.41) is 28.7. The lowest BCUT2D eigenvalue weighted by atomic mass is 9.78. The predicted molar refractivity (Wildman–Crippen MR) is 137 cm³/mol. The molecule has 2 aliphatic rings. The summed E-state index contributed by atoms with van der Waals surface area (Å²) in [4.78, 5) is 13.0. The van der Waals surface area contributed by atoms with Gasteiger partial charge < -0.3 is 20.3 Å². The van der Waals surface area contributed by atoms with Gasteiger partial charge in [0.05, 0.1) is 21.9 Å². The highest BCUT2D eigenvalue weighted by Crippen LogP contribution is 2.46. The highest BCUT2D eigenvalue weighted by molar-refractivity contribution is 6.36. The number of alkyl halides is 4. The van der Waals surface area contributed by atoms with Crippen molar-refractivity contribution in [3.63, 3.8) is 0 Å². The van der Waals surface area contributed by atoms with E-state index in [-0.39, 0.29) is 59.2 Å². The van der Waals surface area contributed by atoms with E-state index in [1.807, 2.05) is 0 Å². The molecule has 1 amide bonds. The summed E-state index contributed by atoms with van der Waals surface area (Å²) in [5.41, 5.74) is -2.37. The Balaban J connectivity index is 1.64. The molecule has 4 rings (SSSR count). The second kappa shape index (κ2) is 11.2. The van der Waals surface area contributed by atoms with Gasteiger partial charge in [-0.05, 0) is 69.1 Å². The number of hydrogen-bond acceptors (Lipinski definition) is 5. The molecule has 12 heteroatoms. The lowest BCUT2D eigenvalue weighted by Crippen LogP contribution is -2.45. The van der Waals surface area contributed by atoms with Crippen molar-refractivity contribution in [3.8, 4) is 17.0 Å². The molecule has 1 aromatic carbocycles. The van der Waals surface area contributed by atoms with Crippen LogP contribution in [0, 0.1) is 5.92 Å². The summed E-state index contributed by atoms with van der Waals surface area (Å²) in [6, 6.07) is 4.06. The van der Waals surface area contributed by atoms with Gasteiger partial charge in [-0.3, -0.25) is 9.48 Å². The fourth-order valence-corrected chi connectivity index (χ4v) is 5.72. The Morgan fingerprint density at radius 3 is 2.41 bits per heavy atom. The summed E-state index contributed by atoms with van der Waals surface area (Å²) in [7, 11) is 0. The van der Waals surface area contributed by atoms with Crippen molar-refractivity contribution in [2.45, 2.75) is 95.5 Å². The molecule has 2 aromatic rings. The number of benzene rings is 1. The first kappa shape index (κ1) is 29.6. The quantitative estimate of drug-likeness (QED) is 0.341. The van der Waals surface area contributed by atoms with Gasteiger partial charge in [-0.15, -0.1) is 0 Å². The average Bonchev–Trinajstić information content (AvgIpc) is 3.22. The third kappa shape index (κ3) is 6.52. The third-order valence-corrected chi connectivity index (χ3v) is 8.35. The Morgan fingerprint density at radius 2 is 1.82 bits per heavy atom. The number of amides is 1. The Morgan fingerprint density at radius 1 is 1.18 bits per heavy atom. The lowest BCUT2D eigenvalue weighted by molar-refractivity contribution is -0.107. The summed E-state index contributed by atoms with van der Waals surface area (Å²) < 4.78 is 60.3. The molecule has 0 radical (unpaired) electrons. The van der Waals surface area contributed by atoms with Gasteiger partial charge in [0.2, 0.25) is 5.92 Å². The van der Waals surface area contributed by atoms with E-state index in [1.165, 1.54) is 22.9 Å². The van der Waals surface area contributed by atoms with Crippen LogP contribution in [0.1, 0.15) is 81.3 Å². The van der Waals surface area contributed by atoms with Crippen LogP contribution in [0.3, 0.4) is 0 Å². The Hall–Kier alpha value is -2.37. The normalized spacial score (nSPS) is 24.5. The van der Waals surface area contributed by atoms with Crippen LogP contribution < -0.4 is 10.1 Å². The minimum Gasteiger partial charge on any atom is -0.434 e. The van der Waals surface area contributed by atoms with E-state index in [1.54, 1.807) is 6.92 Å². The van der Waals surface area contributed by atoms with E-state index in [9.17, 15) is 32.6 Å². The Kier molecular flexibility index (Phi) is 8.54. The van der Waals surface area contributed by atoms with Crippen LogP contribution in [-0.2, 0) is 12.1 Å². The molecule has 0 saturated heterocycles. The summed E-state index contributed by atoms with van der Waals surface area (Å²) >= 11 is 6.59. The smallest absolute Gasteiger partial charge is 0.387 e. The highest BCUT2D eigenvalue weighted by atomic mass is 35.5. The van der Waals surface area contributed by atoms with Crippen molar-refractivity contribution in [2.75, 3.05) is 6.54 Å². The molecule has 0 atom stereocenters. The van der Waals surface area contributed by atoms with E-state index < -0.39 is 42.5 Å². The molecule has 7 nitrogen and oxygen atoms in total. The topological polar surface area (TPSA) is 96.6 Å². The lowest BCUT2D eigenvalue weighted by Gasteiger charge is -2.36. The van der Waals surface area contributed by atoms with E-state index in [2.05, 4.69) is 17.3 Å². The zero-order chi connectivity index (χ0) is 28.6. The predicted octanol–water partition coefficient (Wildman–Crippen LogP) is 5.89. The van der Waals surface area contributed by atoms with E-state index in [0.29, 0.717) is 18.8 Å². The van der Waals surface area contributed by atoms with E-state index in [0.717, 1.165) is 12.8 Å². The SMILES string of the molecule is CCn1nc(C(=O)NCC2(O)CCC(C)CC2)c(Cl)c1-c1ccc(C2(O)CCC(F)(F)CC2)cc1OC(F)F. The second-order valence-corrected chi connectivity index (χ2v) is 11.3. The monoisotopic (exact) mass is 575 g/mol. The zero-order valence-electron chi connectivity index (χ0n) is 22.0. The van der Waals surface area contributed by atoms with Crippen LogP contribution in [-0.4, -0.2) is 50.6 Å². The van der Waals surface area contributed by atoms with Crippen molar-refractivity contribution in [1.29, 1.82) is 0 Å². The first-order valence-corrected chi connectivity index (χ1v) is 13.6. The van der Waals surface area contributed by atoms with Crippen LogP contribution >= 0.6 is 11.6 Å². The Labute approximate surface area is 229 Å². The minimum absolute atomic E-state index is 0.0231. The molecule has 2 saturated carbocycles. The number of aromatic nitrogens is 2. The van der Waals surface area contributed by atoms with Gasteiger partial charge >= 0.3 is 6.61 Å². The second-order valence-electron chi connectivity index (χ2n) is 10.9. The first-order valence-electron chi connectivity index (χ1n) is 13.2. The maximum Gasteiger partial charge on any atom is 0.387 e. The molecule has 0 spiro atoms. The zero-order valence-corrected chi connectivity index (χ0v) is 22.7. The van der Waals surface area contributed by atoms with Gasteiger partial charge in [0, 0.05) is 31.5 Å².